The van der Waals surface area contributed by atoms with Gasteiger partial charge < -0.3 is 4.42 Å². The minimum atomic E-state index is -0.115. The summed E-state index contributed by atoms with van der Waals surface area (Å²) in [7, 11) is 0. The second-order valence-electron chi connectivity index (χ2n) is 15.4. The van der Waals surface area contributed by atoms with Gasteiger partial charge in [0.2, 0.25) is 0 Å². The van der Waals surface area contributed by atoms with Crippen LogP contribution in [0.3, 0.4) is 0 Å². The molecule has 0 fully saturated rings. The standard InChI is InChI=1S/C53H36N2O/c1-53(2)45-20-8-6-17-41(45)42-28-27-39(31-46(42)53)48-32-47(38-16-10-15-37(30-38)33-12-4-3-5-13-33)54-52(55-48)36-24-22-34(23-25-36)40-19-11-14-35-26-29-44-43-18-7-9-21-49(43)56-51(44)50(35)40/h3-32H,1-2H3. The molecule has 1 aliphatic rings. The number of rotatable bonds is 5. The first kappa shape index (κ1) is 32.3. The Bertz CT molecular complexity index is 3150. The molecule has 0 spiro atoms. The summed E-state index contributed by atoms with van der Waals surface area (Å²) in [4.78, 5) is 10.6. The zero-order chi connectivity index (χ0) is 37.4. The second-order valence-corrected chi connectivity index (χ2v) is 15.4. The fourth-order valence-corrected chi connectivity index (χ4v) is 8.82. The van der Waals surface area contributed by atoms with Crippen LogP contribution in [-0.4, -0.2) is 9.97 Å². The zero-order valence-corrected chi connectivity index (χ0v) is 31.1. The average Bonchev–Trinajstić information content (AvgIpc) is 3.75. The van der Waals surface area contributed by atoms with Gasteiger partial charge in [-0.2, -0.15) is 0 Å². The molecule has 0 saturated heterocycles. The molecule has 0 bridgehead atoms. The summed E-state index contributed by atoms with van der Waals surface area (Å²) in [6.45, 7) is 4.65. The molecule has 8 aromatic carbocycles. The molecule has 0 radical (unpaired) electrons. The monoisotopic (exact) mass is 716 g/mol. The van der Waals surface area contributed by atoms with Crippen molar-refractivity contribution in [1.29, 1.82) is 0 Å². The molecule has 2 heterocycles. The van der Waals surface area contributed by atoms with Crippen LogP contribution >= 0.6 is 0 Å². The highest BCUT2D eigenvalue weighted by atomic mass is 16.3. The van der Waals surface area contributed by atoms with Gasteiger partial charge in [-0.25, -0.2) is 9.97 Å². The van der Waals surface area contributed by atoms with E-state index in [1.54, 1.807) is 0 Å². The van der Waals surface area contributed by atoms with E-state index < -0.39 is 0 Å². The van der Waals surface area contributed by atoms with Crippen molar-refractivity contribution in [3.8, 4) is 67.3 Å². The summed E-state index contributed by atoms with van der Waals surface area (Å²) in [5.41, 5.74) is 16.4. The van der Waals surface area contributed by atoms with Gasteiger partial charge in [0.25, 0.3) is 0 Å². The maximum atomic E-state index is 6.51. The van der Waals surface area contributed by atoms with Crippen LogP contribution in [0.4, 0.5) is 0 Å². The number of aromatic nitrogens is 2. The van der Waals surface area contributed by atoms with Gasteiger partial charge in [0.15, 0.2) is 5.82 Å². The van der Waals surface area contributed by atoms with E-state index in [0.29, 0.717) is 5.82 Å². The van der Waals surface area contributed by atoms with Gasteiger partial charge in [-0.05, 0) is 80.2 Å². The Labute approximate surface area is 325 Å². The zero-order valence-electron chi connectivity index (χ0n) is 31.1. The van der Waals surface area contributed by atoms with E-state index in [0.717, 1.165) is 77.5 Å². The third-order valence-corrected chi connectivity index (χ3v) is 11.7. The fourth-order valence-electron chi connectivity index (χ4n) is 8.82. The van der Waals surface area contributed by atoms with Crippen LogP contribution in [0.5, 0.6) is 0 Å². The summed E-state index contributed by atoms with van der Waals surface area (Å²) >= 11 is 0. The third kappa shape index (κ3) is 5.12. The first-order valence-corrected chi connectivity index (χ1v) is 19.2. The molecule has 0 aliphatic heterocycles. The van der Waals surface area contributed by atoms with Gasteiger partial charge in [0.05, 0.1) is 11.4 Å². The van der Waals surface area contributed by atoms with Crippen LogP contribution in [-0.2, 0) is 5.41 Å². The molecule has 1 aliphatic carbocycles. The average molecular weight is 717 g/mol. The molecule has 0 saturated carbocycles. The number of hydrogen-bond donors (Lipinski definition) is 0. The summed E-state index contributed by atoms with van der Waals surface area (Å²) in [6, 6.07) is 64.7. The van der Waals surface area contributed by atoms with Gasteiger partial charge in [-0.3, -0.25) is 0 Å². The number of furan rings is 1. The molecule has 0 unspecified atom stereocenters. The van der Waals surface area contributed by atoms with Crippen molar-refractivity contribution in [2.45, 2.75) is 19.3 Å². The van der Waals surface area contributed by atoms with Gasteiger partial charge in [-0.15, -0.1) is 0 Å². The Kier molecular flexibility index (Phi) is 7.20. The lowest BCUT2D eigenvalue weighted by molar-refractivity contribution is 0.660. The van der Waals surface area contributed by atoms with E-state index in [-0.39, 0.29) is 5.41 Å². The highest BCUT2D eigenvalue weighted by Gasteiger charge is 2.35. The van der Waals surface area contributed by atoms with Crippen molar-refractivity contribution in [2.24, 2.45) is 0 Å². The van der Waals surface area contributed by atoms with Gasteiger partial charge in [0, 0.05) is 38.3 Å². The van der Waals surface area contributed by atoms with Crippen LogP contribution in [0.2, 0.25) is 0 Å². The fraction of sp³-hybridized carbons (Fsp3) is 0.0566. The summed E-state index contributed by atoms with van der Waals surface area (Å²) in [5, 5.41) is 4.53. The lowest BCUT2D eigenvalue weighted by atomic mass is 9.82. The minimum absolute atomic E-state index is 0.115. The van der Waals surface area contributed by atoms with Crippen LogP contribution in [0.1, 0.15) is 25.0 Å². The van der Waals surface area contributed by atoms with Crippen molar-refractivity contribution in [2.75, 3.05) is 0 Å². The van der Waals surface area contributed by atoms with Crippen molar-refractivity contribution in [3.63, 3.8) is 0 Å². The smallest absolute Gasteiger partial charge is 0.160 e. The lowest BCUT2D eigenvalue weighted by Gasteiger charge is -2.22. The molecule has 264 valence electrons. The topological polar surface area (TPSA) is 38.9 Å². The normalized spacial score (nSPS) is 13.0. The van der Waals surface area contributed by atoms with E-state index >= 15 is 0 Å². The SMILES string of the molecule is CC1(C)c2ccccc2-c2ccc(-c3cc(-c4cccc(-c5ccccc5)c4)nc(-c4ccc(-c5cccc6ccc7c8ccccc8oc7c56)cc4)n3)cc21. The Morgan fingerprint density at radius 3 is 1.91 bits per heavy atom. The number of para-hydroxylation sites is 1. The molecule has 0 atom stereocenters. The van der Waals surface area contributed by atoms with Crippen LogP contribution in [0.25, 0.3) is 100.0 Å². The van der Waals surface area contributed by atoms with E-state index in [4.69, 9.17) is 14.4 Å². The number of hydrogen-bond acceptors (Lipinski definition) is 3. The van der Waals surface area contributed by atoms with Gasteiger partial charge in [0.1, 0.15) is 11.2 Å². The summed E-state index contributed by atoms with van der Waals surface area (Å²) in [5.74, 6) is 0.690. The van der Waals surface area contributed by atoms with E-state index in [1.165, 1.54) is 27.8 Å². The van der Waals surface area contributed by atoms with Gasteiger partial charge >= 0.3 is 0 Å². The van der Waals surface area contributed by atoms with E-state index in [9.17, 15) is 0 Å². The Morgan fingerprint density at radius 1 is 0.411 bits per heavy atom. The van der Waals surface area contributed by atoms with Crippen LogP contribution < -0.4 is 0 Å². The molecule has 10 aromatic rings. The minimum Gasteiger partial charge on any atom is -0.455 e. The van der Waals surface area contributed by atoms with Crippen LogP contribution in [0, 0.1) is 0 Å². The highest BCUT2D eigenvalue weighted by Crippen LogP contribution is 2.49. The number of fused-ring (bicyclic) bond motifs is 8. The van der Waals surface area contributed by atoms with E-state index in [1.807, 2.05) is 12.1 Å². The maximum Gasteiger partial charge on any atom is 0.160 e. The first-order chi connectivity index (χ1) is 27.5. The van der Waals surface area contributed by atoms with Crippen molar-refractivity contribution >= 4 is 32.7 Å². The molecule has 0 N–H and O–H groups in total. The molecule has 3 heteroatoms. The summed E-state index contributed by atoms with van der Waals surface area (Å²) in [6.07, 6.45) is 0. The predicted octanol–water partition coefficient (Wildman–Crippen LogP) is 14.2. The van der Waals surface area contributed by atoms with Crippen LogP contribution in [0.15, 0.2) is 186 Å². The van der Waals surface area contributed by atoms with Gasteiger partial charge in [-0.1, -0.05) is 166 Å². The van der Waals surface area contributed by atoms with Crippen molar-refractivity contribution in [3.05, 3.63) is 193 Å². The first-order valence-electron chi connectivity index (χ1n) is 19.2. The number of benzene rings is 8. The lowest BCUT2D eigenvalue weighted by Crippen LogP contribution is -2.14. The molecule has 2 aromatic heterocycles. The van der Waals surface area contributed by atoms with E-state index in [2.05, 4.69) is 184 Å². The Morgan fingerprint density at radius 2 is 1.05 bits per heavy atom. The highest BCUT2D eigenvalue weighted by molar-refractivity contribution is 6.18. The van der Waals surface area contributed by atoms with Crippen molar-refractivity contribution in [1.82, 2.24) is 9.97 Å². The number of nitrogens with zero attached hydrogens (tertiary/aromatic N) is 2. The largest absolute Gasteiger partial charge is 0.455 e. The molecule has 3 nitrogen and oxygen atoms in total. The second kappa shape index (κ2) is 12.5. The molecular weight excluding hydrogens is 681 g/mol. The molecule has 11 rings (SSSR count). The summed E-state index contributed by atoms with van der Waals surface area (Å²) < 4.78 is 6.51. The molecule has 56 heavy (non-hydrogen) atoms. The Hall–Kier alpha value is -7.10. The molecular formula is C53H36N2O. The third-order valence-electron chi connectivity index (χ3n) is 11.7. The predicted molar refractivity (Wildman–Crippen MR) is 232 cm³/mol. The Balaban J connectivity index is 1.05. The quantitative estimate of drug-likeness (QED) is 0.178. The molecule has 0 amide bonds. The van der Waals surface area contributed by atoms with Crippen molar-refractivity contribution < 1.29 is 4.42 Å². The maximum absolute atomic E-state index is 6.51.